The van der Waals surface area contributed by atoms with Crippen LogP contribution in [0, 0.1) is 0 Å². The van der Waals surface area contributed by atoms with Crippen LogP contribution >= 0.6 is 0 Å². The zero-order valence-corrected chi connectivity index (χ0v) is 9.79. The van der Waals surface area contributed by atoms with Crippen molar-refractivity contribution in [3.05, 3.63) is 12.2 Å². The first-order valence-electron chi connectivity index (χ1n) is 5.61. The molecule has 0 aromatic carbocycles. The molecule has 0 saturated carbocycles. The lowest BCUT2D eigenvalue weighted by molar-refractivity contribution is -0.0770. The van der Waals surface area contributed by atoms with Gasteiger partial charge in [0.1, 0.15) is 6.79 Å². The molecule has 0 amide bonds. The molecule has 0 bridgehead atoms. The van der Waals surface area contributed by atoms with E-state index >= 15 is 0 Å². The molecule has 0 radical (unpaired) electrons. The third-order valence-corrected chi connectivity index (χ3v) is 1.80. The van der Waals surface area contributed by atoms with Crippen LogP contribution in [-0.4, -0.2) is 19.5 Å². The minimum absolute atomic E-state index is 0.259. The van der Waals surface area contributed by atoms with Gasteiger partial charge in [-0.3, -0.25) is 0 Å². The van der Waals surface area contributed by atoms with E-state index in [1.165, 1.54) is 19.3 Å². The van der Waals surface area contributed by atoms with E-state index in [0.717, 1.165) is 13.0 Å². The van der Waals surface area contributed by atoms with Gasteiger partial charge in [0, 0.05) is 0 Å². The number of ether oxygens (including phenoxy) is 2. The van der Waals surface area contributed by atoms with Crippen molar-refractivity contribution in [3.63, 3.8) is 0 Å². The number of allylic oxidation sites excluding steroid dienone is 1. The average Bonchev–Trinajstić information content (AvgIpc) is 2.15. The van der Waals surface area contributed by atoms with Crippen LogP contribution in [0.25, 0.3) is 0 Å². The van der Waals surface area contributed by atoms with Crippen LogP contribution < -0.4 is 0 Å². The fraction of sp³-hybridized carbons (Fsp3) is 0.833. The third-order valence-electron chi connectivity index (χ3n) is 1.80. The van der Waals surface area contributed by atoms with Crippen LogP contribution in [-0.2, 0) is 9.47 Å². The molecule has 0 rings (SSSR count). The molecular weight excluding hydrogens is 176 g/mol. The summed E-state index contributed by atoms with van der Waals surface area (Å²) in [5.41, 5.74) is 0. The summed E-state index contributed by atoms with van der Waals surface area (Å²) in [5, 5.41) is 0. The van der Waals surface area contributed by atoms with Crippen LogP contribution in [0.4, 0.5) is 0 Å². The monoisotopic (exact) mass is 200 g/mol. The van der Waals surface area contributed by atoms with Gasteiger partial charge in [0.15, 0.2) is 0 Å². The van der Waals surface area contributed by atoms with Gasteiger partial charge in [-0.2, -0.15) is 0 Å². The normalized spacial score (nSPS) is 11.7. The number of hydrogen-bond donors (Lipinski definition) is 0. The number of rotatable bonds is 9. The van der Waals surface area contributed by atoms with E-state index in [4.69, 9.17) is 9.47 Å². The Bertz CT molecular complexity index is 130. The number of hydrogen-bond acceptors (Lipinski definition) is 2. The highest BCUT2D eigenvalue weighted by Crippen LogP contribution is 1.96. The quantitative estimate of drug-likeness (QED) is 0.322. The second-order valence-electron chi connectivity index (χ2n) is 3.64. The van der Waals surface area contributed by atoms with Crippen molar-refractivity contribution < 1.29 is 9.47 Å². The first-order chi connectivity index (χ1) is 6.77. The van der Waals surface area contributed by atoms with Crippen LogP contribution in [0.15, 0.2) is 12.2 Å². The highest BCUT2D eigenvalue weighted by Gasteiger charge is 1.91. The molecule has 2 heteroatoms. The van der Waals surface area contributed by atoms with E-state index in [-0.39, 0.29) is 6.10 Å². The SMILES string of the molecule is CCCC/C=C\CCOCOC(C)C. The molecule has 2 nitrogen and oxygen atoms in total. The van der Waals surface area contributed by atoms with Gasteiger partial charge < -0.3 is 9.47 Å². The van der Waals surface area contributed by atoms with Crippen LogP contribution in [0.2, 0.25) is 0 Å². The zero-order chi connectivity index (χ0) is 10.6. The summed E-state index contributed by atoms with van der Waals surface area (Å²) in [6.45, 7) is 7.40. The summed E-state index contributed by atoms with van der Waals surface area (Å²) < 4.78 is 10.5. The van der Waals surface area contributed by atoms with Crippen LogP contribution in [0.1, 0.15) is 46.5 Å². The summed E-state index contributed by atoms with van der Waals surface area (Å²) in [7, 11) is 0. The van der Waals surface area contributed by atoms with Gasteiger partial charge in [-0.15, -0.1) is 0 Å². The molecule has 84 valence electrons. The van der Waals surface area contributed by atoms with Crippen LogP contribution in [0.3, 0.4) is 0 Å². The van der Waals surface area contributed by atoms with Gasteiger partial charge in [-0.05, 0) is 26.7 Å². The molecule has 0 spiro atoms. The first-order valence-corrected chi connectivity index (χ1v) is 5.61. The van der Waals surface area contributed by atoms with E-state index in [0.29, 0.717) is 6.79 Å². The summed E-state index contributed by atoms with van der Waals surface area (Å²) >= 11 is 0. The Hall–Kier alpha value is -0.340. The van der Waals surface area contributed by atoms with Gasteiger partial charge in [0.05, 0.1) is 12.7 Å². The van der Waals surface area contributed by atoms with Gasteiger partial charge in [-0.25, -0.2) is 0 Å². The minimum Gasteiger partial charge on any atom is -0.355 e. The van der Waals surface area contributed by atoms with Crippen molar-refractivity contribution in [2.75, 3.05) is 13.4 Å². The molecule has 0 aromatic rings. The van der Waals surface area contributed by atoms with E-state index < -0.39 is 0 Å². The number of unbranched alkanes of at least 4 members (excludes halogenated alkanes) is 2. The molecule has 0 atom stereocenters. The van der Waals surface area contributed by atoms with E-state index in [9.17, 15) is 0 Å². The smallest absolute Gasteiger partial charge is 0.147 e. The Kier molecular flexibility index (Phi) is 10.5. The van der Waals surface area contributed by atoms with Gasteiger partial charge in [-0.1, -0.05) is 31.9 Å². The molecule has 0 heterocycles. The molecule has 14 heavy (non-hydrogen) atoms. The topological polar surface area (TPSA) is 18.5 Å². The highest BCUT2D eigenvalue weighted by atomic mass is 16.7. The predicted octanol–water partition coefficient (Wildman–Crippen LogP) is 3.52. The summed E-state index contributed by atoms with van der Waals surface area (Å²) in [5.74, 6) is 0. The van der Waals surface area contributed by atoms with Crippen molar-refractivity contribution in [2.24, 2.45) is 0 Å². The molecule has 0 N–H and O–H groups in total. The third kappa shape index (κ3) is 11.7. The first kappa shape index (κ1) is 13.7. The average molecular weight is 200 g/mol. The minimum atomic E-state index is 0.259. The Morgan fingerprint density at radius 1 is 1.14 bits per heavy atom. The Morgan fingerprint density at radius 2 is 1.86 bits per heavy atom. The molecule has 0 aliphatic carbocycles. The second kappa shape index (κ2) is 10.7. The Labute approximate surface area is 88.3 Å². The molecule has 0 fully saturated rings. The maximum atomic E-state index is 5.28. The lowest BCUT2D eigenvalue weighted by Gasteiger charge is -2.06. The summed E-state index contributed by atoms with van der Waals surface area (Å²) in [6.07, 6.45) is 9.41. The Balaban J connectivity index is 3.01. The predicted molar refractivity (Wildman–Crippen MR) is 60.3 cm³/mol. The molecule has 0 unspecified atom stereocenters. The van der Waals surface area contributed by atoms with Crippen molar-refractivity contribution in [1.29, 1.82) is 0 Å². The fourth-order valence-corrected chi connectivity index (χ4v) is 0.952. The lowest BCUT2D eigenvalue weighted by Crippen LogP contribution is -2.07. The maximum Gasteiger partial charge on any atom is 0.147 e. The molecule has 0 aliphatic heterocycles. The second-order valence-corrected chi connectivity index (χ2v) is 3.64. The molecule has 0 aromatic heterocycles. The lowest BCUT2D eigenvalue weighted by atomic mass is 10.2. The van der Waals surface area contributed by atoms with E-state index in [1.807, 2.05) is 13.8 Å². The van der Waals surface area contributed by atoms with Gasteiger partial charge in [0.2, 0.25) is 0 Å². The summed E-state index contributed by atoms with van der Waals surface area (Å²) in [4.78, 5) is 0. The largest absolute Gasteiger partial charge is 0.355 e. The zero-order valence-electron chi connectivity index (χ0n) is 9.79. The standard InChI is InChI=1S/C12H24O2/c1-4-5-6-7-8-9-10-13-11-14-12(2)3/h7-8,12H,4-6,9-11H2,1-3H3/b8-7-. The van der Waals surface area contributed by atoms with Crippen LogP contribution in [0.5, 0.6) is 0 Å². The Morgan fingerprint density at radius 3 is 2.50 bits per heavy atom. The molecule has 0 saturated heterocycles. The van der Waals surface area contributed by atoms with Crippen molar-refractivity contribution >= 4 is 0 Å². The van der Waals surface area contributed by atoms with E-state index in [2.05, 4.69) is 19.1 Å². The van der Waals surface area contributed by atoms with Gasteiger partial charge >= 0.3 is 0 Å². The van der Waals surface area contributed by atoms with E-state index in [1.54, 1.807) is 0 Å². The molecule has 0 aliphatic rings. The fourth-order valence-electron chi connectivity index (χ4n) is 0.952. The maximum absolute atomic E-state index is 5.28. The highest BCUT2D eigenvalue weighted by molar-refractivity contribution is 4.80. The van der Waals surface area contributed by atoms with Crippen molar-refractivity contribution in [1.82, 2.24) is 0 Å². The summed E-state index contributed by atoms with van der Waals surface area (Å²) in [6, 6.07) is 0. The van der Waals surface area contributed by atoms with Crippen molar-refractivity contribution in [2.45, 2.75) is 52.6 Å². The van der Waals surface area contributed by atoms with Crippen molar-refractivity contribution in [3.8, 4) is 0 Å². The van der Waals surface area contributed by atoms with Gasteiger partial charge in [0.25, 0.3) is 0 Å². The molecular formula is C12H24O2.